The summed E-state index contributed by atoms with van der Waals surface area (Å²) in [4.78, 5) is 14.9. The van der Waals surface area contributed by atoms with E-state index in [1.165, 1.54) is 4.31 Å². The summed E-state index contributed by atoms with van der Waals surface area (Å²) in [5.74, 6) is 1.05. The van der Waals surface area contributed by atoms with Crippen molar-refractivity contribution in [2.75, 3.05) is 39.9 Å². The van der Waals surface area contributed by atoms with Gasteiger partial charge in [-0.25, -0.2) is 13.1 Å². The van der Waals surface area contributed by atoms with Crippen LogP contribution in [-0.4, -0.2) is 73.2 Å². The number of hydrogen-bond acceptors (Lipinski definition) is 6. The van der Waals surface area contributed by atoms with Gasteiger partial charge in [-0.1, -0.05) is 6.07 Å². The Bertz CT molecular complexity index is 1260. The number of rotatable bonds is 7. The van der Waals surface area contributed by atoms with E-state index in [0.717, 1.165) is 11.3 Å². The highest BCUT2D eigenvalue weighted by molar-refractivity contribution is 7.89. The highest BCUT2D eigenvalue weighted by atomic mass is 32.2. The van der Waals surface area contributed by atoms with Crippen molar-refractivity contribution in [1.82, 2.24) is 19.0 Å². The predicted octanol–water partition coefficient (Wildman–Crippen LogP) is 2.73. The van der Waals surface area contributed by atoms with Crippen molar-refractivity contribution in [2.45, 2.75) is 18.7 Å². The average Bonchev–Trinajstić information content (AvgIpc) is 3.34. The fourth-order valence-electron chi connectivity index (χ4n) is 3.87. The van der Waals surface area contributed by atoms with Gasteiger partial charge in [0.2, 0.25) is 10.0 Å². The Morgan fingerprint density at radius 1 is 1.03 bits per heavy atom. The van der Waals surface area contributed by atoms with Gasteiger partial charge in [0.05, 0.1) is 18.6 Å². The lowest BCUT2D eigenvalue weighted by atomic mass is 10.2. The molecule has 0 spiro atoms. The number of benzene rings is 2. The van der Waals surface area contributed by atoms with Gasteiger partial charge in [-0.15, -0.1) is 0 Å². The molecule has 0 aliphatic carbocycles. The SMILES string of the molecule is CCOc1ccc(S(=O)(=O)N2CCN(C(=O)c3ccn(-c4cc(C)ccc4OC)n3)CC2)cc1. The van der Waals surface area contributed by atoms with Crippen LogP contribution in [0.3, 0.4) is 0 Å². The van der Waals surface area contributed by atoms with E-state index in [1.54, 1.807) is 53.2 Å². The first kappa shape index (κ1) is 23.8. The van der Waals surface area contributed by atoms with Gasteiger partial charge in [0.1, 0.15) is 17.2 Å². The molecular formula is C24H28N4O5S. The number of nitrogens with zero attached hydrogens (tertiary/aromatic N) is 4. The lowest BCUT2D eigenvalue weighted by Crippen LogP contribution is -2.50. The van der Waals surface area contributed by atoms with Crippen molar-refractivity contribution in [3.05, 3.63) is 66.0 Å². The highest BCUT2D eigenvalue weighted by Crippen LogP contribution is 2.24. The second-order valence-electron chi connectivity index (χ2n) is 7.92. The first-order valence-electron chi connectivity index (χ1n) is 11.1. The molecule has 180 valence electrons. The molecule has 1 amide bonds. The van der Waals surface area contributed by atoms with E-state index in [1.807, 2.05) is 32.0 Å². The van der Waals surface area contributed by atoms with Crippen molar-refractivity contribution >= 4 is 15.9 Å². The maximum Gasteiger partial charge on any atom is 0.274 e. The molecule has 10 heteroatoms. The number of carbonyl (C=O) groups excluding carboxylic acids is 1. The Kier molecular flexibility index (Phi) is 6.90. The lowest BCUT2D eigenvalue weighted by Gasteiger charge is -2.33. The second-order valence-corrected chi connectivity index (χ2v) is 9.86. The van der Waals surface area contributed by atoms with Crippen molar-refractivity contribution in [3.8, 4) is 17.2 Å². The fraction of sp³-hybridized carbons (Fsp3) is 0.333. The zero-order valence-corrected chi connectivity index (χ0v) is 20.3. The number of methoxy groups -OCH3 is 1. The Hall–Kier alpha value is -3.37. The highest BCUT2D eigenvalue weighted by Gasteiger charge is 2.31. The van der Waals surface area contributed by atoms with Crippen molar-refractivity contribution in [3.63, 3.8) is 0 Å². The van der Waals surface area contributed by atoms with Gasteiger partial charge in [0.25, 0.3) is 5.91 Å². The predicted molar refractivity (Wildman–Crippen MR) is 127 cm³/mol. The van der Waals surface area contributed by atoms with Gasteiger partial charge in [0, 0.05) is 32.4 Å². The third-order valence-electron chi connectivity index (χ3n) is 5.69. The summed E-state index contributed by atoms with van der Waals surface area (Å²) in [6.45, 7) is 5.36. The van der Waals surface area contributed by atoms with E-state index in [4.69, 9.17) is 9.47 Å². The maximum absolute atomic E-state index is 13.0. The number of carbonyl (C=O) groups is 1. The number of ether oxygens (including phenoxy) is 2. The second kappa shape index (κ2) is 9.86. The summed E-state index contributed by atoms with van der Waals surface area (Å²) < 4.78 is 39.8. The van der Waals surface area contributed by atoms with Gasteiger partial charge >= 0.3 is 0 Å². The van der Waals surface area contributed by atoms with E-state index in [2.05, 4.69) is 5.10 Å². The molecule has 1 fully saturated rings. The number of amides is 1. The first-order chi connectivity index (χ1) is 16.3. The van der Waals surface area contributed by atoms with Gasteiger partial charge in [-0.2, -0.15) is 9.40 Å². The Morgan fingerprint density at radius 3 is 2.38 bits per heavy atom. The summed E-state index contributed by atoms with van der Waals surface area (Å²) in [5, 5.41) is 4.45. The zero-order chi connectivity index (χ0) is 24.3. The molecule has 3 aromatic rings. The van der Waals surface area contributed by atoms with Crippen molar-refractivity contribution < 1.29 is 22.7 Å². The van der Waals surface area contributed by atoms with Crippen LogP contribution in [-0.2, 0) is 10.0 Å². The third kappa shape index (κ3) is 4.78. The van der Waals surface area contributed by atoms with E-state index in [9.17, 15) is 13.2 Å². The molecule has 0 atom stereocenters. The molecule has 0 bridgehead atoms. The van der Waals surface area contributed by atoms with Crippen LogP contribution in [0.4, 0.5) is 0 Å². The normalized spacial score (nSPS) is 14.7. The molecule has 1 saturated heterocycles. The van der Waals surface area contributed by atoms with Gasteiger partial charge in [-0.3, -0.25) is 4.79 Å². The van der Waals surface area contributed by atoms with Crippen LogP contribution in [0.25, 0.3) is 5.69 Å². The van der Waals surface area contributed by atoms with E-state index >= 15 is 0 Å². The van der Waals surface area contributed by atoms with Crippen LogP contribution in [0, 0.1) is 6.92 Å². The zero-order valence-electron chi connectivity index (χ0n) is 19.5. The quantitative estimate of drug-likeness (QED) is 0.512. The monoisotopic (exact) mass is 484 g/mol. The van der Waals surface area contributed by atoms with Crippen LogP contribution in [0.1, 0.15) is 23.0 Å². The number of aromatic nitrogens is 2. The molecule has 1 aliphatic heterocycles. The van der Waals surface area contributed by atoms with Crippen LogP contribution in [0.2, 0.25) is 0 Å². The summed E-state index contributed by atoms with van der Waals surface area (Å²) >= 11 is 0. The summed E-state index contributed by atoms with van der Waals surface area (Å²) in [6.07, 6.45) is 1.72. The fourth-order valence-corrected chi connectivity index (χ4v) is 5.29. The summed E-state index contributed by atoms with van der Waals surface area (Å²) in [5.41, 5.74) is 2.09. The standard InChI is InChI=1S/C24H28N4O5S/c1-4-33-19-6-8-20(9-7-19)34(30,31)27-15-13-26(14-16-27)24(29)21-11-12-28(25-21)22-17-18(2)5-10-23(22)32-3/h5-12,17H,4,13-16H2,1-3H3. The molecule has 1 aliphatic rings. The third-order valence-corrected chi connectivity index (χ3v) is 7.60. The average molecular weight is 485 g/mol. The van der Waals surface area contributed by atoms with Crippen molar-refractivity contribution in [1.29, 1.82) is 0 Å². The van der Waals surface area contributed by atoms with Crippen LogP contribution >= 0.6 is 0 Å². The summed E-state index contributed by atoms with van der Waals surface area (Å²) in [6, 6.07) is 13.8. The lowest BCUT2D eigenvalue weighted by molar-refractivity contribution is 0.0691. The number of hydrogen-bond donors (Lipinski definition) is 0. The minimum Gasteiger partial charge on any atom is -0.494 e. The van der Waals surface area contributed by atoms with E-state index < -0.39 is 10.0 Å². The Labute approximate surface area is 199 Å². The number of aryl methyl sites for hydroxylation is 1. The van der Waals surface area contributed by atoms with E-state index in [-0.39, 0.29) is 37.0 Å². The number of piperazine rings is 1. The molecule has 0 N–H and O–H groups in total. The van der Waals surface area contributed by atoms with Crippen molar-refractivity contribution in [2.24, 2.45) is 0 Å². The smallest absolute Gasteiger partial charge is 0.274 e. The molecule has 2 aromatic carbocycles. The molecular weight excluding hydrogens is 456 g/mol. The van der Waals surface area contributed by atoms with Crippen LogP contribution in [0.5, 0.6) is 11.5 Å². The molecule has 0 radical (unpaired) electrons. The number of sulfonamides is 1. The Morgan fingerprint density at radius 2 is 1.74 bits per heavy atom. The molecule has 34 heavy (non-hydrogen) atoms. The molecule has 9 nitrogen and oxygen atoms in total. The molecule has 4 rings (SSSR count). The first-order valence-corrected chi connectivity index (χ1v) is 12.5. The van der Waals surface area contributed by atoms with Gasteiger partial charge in [0.15, 0.2) is 5.69 Å². The molecule has 0 unspecified atom stereocenters. The summed E-state index contributed by atoms with van der Waals surface area (Å²) in [7, 11) is -2.06. The van der Waals surface area contributed by atoms with Crippen LogP contribution in [0.15, 0.2) is 59.6 Å². The van der Waals surface area contributed by atoms with Gasteiger partial charge < -0.3 is 14.4 Å². The largest absolute Gasteiger partial charge is 0.494 e. The van der Waals surface area contributed by atoms with Gasteiger partial charge in [-0.05, 0) is 61.9 Å². The van der Waals surface area contributed by atoms with E-state index in [0.29, 0.717) is 23.8 Å². The molecule has 2 heterocycles. The minimum atomic E-state index is -3.65. The Balaban J connectivity index is 1.43. The maximum atomic E-state index is 13.0. The van der Waals surface area contributed by atoms with Crippen LogP contribution < -0.4 is 9.47 Å². The molecule has 0 saturated carbocycles. The minimum absolute atomic E-state index is 0.210. The molecule has 1 aromatic heterocycles. The topological polar surface area (TPSA) is 94.0 Å².